The van der Waals surface area contributed by atoms with Gasteiger partial charge in [0.2, 0.25) is 0 Å². The molecule has 50 valence electrons. The van der Waals surface area contributed by atoms with E-state index in [1.807, 2.05) is 0 Å². The second kappa shape index (κ2) is 1.79. The largest absolute Gasteiger partial charge is 0.364 e. The molecule has 0 fully saturated rings. The van der Waals surface area contributed by atoms with Crippen LogP contribution in [0.2, 0.25) is 0 Å². The van der Waals surface area contributed by atoms with Crippen molar-refractivity contribution in [3.05, 3.63) is 18.0 Å². The van der Waals surface area contributed by atoms with Crippen LogP contribution < -0.4 is 0 Å². The SMILES string of the molecule is CC(F)(F)c1cnoc1. The lowest BCUT2D eigenvalue weighted by atomic mass is 10.2. The number of alkyl halides is 2. The van der Waals surface area contributed by atoms with Crippen LogP contribution in [0, 0.1) is 0 Å². The van der Waals surface area contributed by atoms with Crippen LogP contribution in [0.15, 0.2) is 17.0 Å². The lowest BCUT2D eigenvalue weighted by molar-refractivity contribution is 0.0169. The van der Waals surface area contributed by atoms with Gasteiger partial charge in [-0.25, -0.2) is 8.78 Å². The predicted molar refractivity (Wildman–Crippen MR) is 26.1 cm³/mol. The van der Waals surface area contributed by atoms with Crippen LogP contribution in [-0.2, 0) is 5.92 Å². The zero-order valence-corrected chi connectivity index (χ0v) is 4.77. The summed E-state index contributed by atoms with van der Waals surface area (Å²) in [4.78, 5) is 0. The lowest BCUT2D eigenvalue weighted by Crippen LogP contribution is -2.04. The van der Waals surface area contributed by atoms with Crippen molar-refractivity contribution in [1.82, 2.24) is 5.16 Å². The minimum absolute atomic E-state index is 0.192. The molecule has 0 N–H and O–H groups in total. The fourth-order valence-electron chi connectivity index (χ4n) is 0.422. The highest BCUT2D eigenvalue weighted by atomic mass is 19.3. The summed E-state index contributed by atoms with van der Waals surface area (Å²) in [7, 11) is 0. The molecule has 0 aliphatic carbocycles. The van der Waals surface area contributed by atoms with Gasteiger partial charge in [-0.3, -0.25) is 0 Å². The number of halogens is 2. The van der Waals surface area contributed by atoms with E-state index in [1.165, 1.54) is 0 Å². The standard InChI is InChI=1S/C5H5F2NO/c1-5(6,7)4-2-8-9-3-4/h2-3H,1H3. The number of hydrogen-bond donors (Lipinski definition) is 0. The van der Waals surface area contributed by atoms with E-state index in [1.54, 1.807) is 0 Å². The van der Waals surface area contributed by atoms with Crippen LogP contribution >= 0.6 is 0 Å². The smallest absolute Gasteiger partial charge is 0.275 e. The molecule has 0 aliphatic rings. The van der Waals surface area contributed by atoms with E-state index in [0.29, 0.717) is 0 Å². The van der Waals surface area contributed by atoms with Gasteiger partial charge in [0.1, 0.15) is 6.26 Å². The Morgan fingerprint density at radius 1 is 1.67 bits per heavy atom. The van der Waals surface area contributed by atoms with Crippen molar-refractivity contribution in [2.45, 2.75) is 12.8 Å². The molecule has 0 radical (unpaired) electrons. The first-order valence-electron chi connectivity index (χ1n) is 2.38. The molecule has 2 nitrogen and oxygen atoms in total. The van der Waals surface area contributed by atoms with E-state index in [4.69, 9.17) is 0 Å². The Balaban J connectivity index is 2.90. The van der Waals surface area contributed by atoms with Gasteiger partial charge in [0.25, 0.3) is 5.92 Å². The molecule has 0 aromatic carbocycles. The lowest BCUT2D eigenvalue weighted by Gasteiger charge is -2.03. The van der Waals surface area contributed by atoms with E-state index in [0.717, 1.165) is 19.4 Å². The van der Waals surface area contributed by atoms with Gasteiger partial charge >= 0.3 is 0 Å². The van der Waals surface area contributed by atoms with Gasteiger partial charge in [0, 0.05) is 6.92 Å². The van der Waals surface area contributed by atoms with E-state index >= 15 is 0 Å². The fraction of sp³-hybridized carbons (Fsp3) is 0.400. The van der Waals surface area contributed by atoms with Crippen molar-refractivity contribution in [3.8, 4) is 0 Å². The first-order chi connectivity index (χ1) is 4.11. The molecule has 1 heterocycles. The van der Waals surface area contributed by atoms with Gasteiger partial charge in [-0.15, -0.1) is 0 Å². The molecule has 4 heteroatoms. The summed E-state index contributed by atoms with van der Waals surface area (Å²) in [5.74, 6) is -2.83. The maximum Gasteiger partial charge on any atom is 0.275 e. The minimum atomic E-state index is -2.83. The molecule has 1 aromatic heterocycles. The van der Waals surface area contributed by atoms with Gasteiger partial charge in [0.15, 0.2) is 0 Å². The third-order valence-corrected chi connectivity index (χ3v) is 0.939. The van der Waals surface area contributed by atoms with Crippen molar-refractivity contribution in [2.24, 2.45) is 0 Å². The third-order valence-electron chi connectivity index (χ3n) is 0.939. The van der Waals surface area contributed by atoms with Crippen molar-refractivity contribution in [1.29, 1.82) is 0 Å². The average Bonchev–Trinajstić information content (AvgIpc) is 2.08. The molecule has 9 heavy (non-hydrogen) atoms. The van der Waals surface area contributed by atoms with Gasteiger partial charge in [-0.1, -0.05) is 5.16 Å². The second-order valence-corrected chi connectivity index (χ2v) is 1.80. The Kier molecular flexibility index (Phi) is 1.23. The Bertz CT molecular complexity index is 177. The monoisotopic (exact) mass is 133 g/mol. The molecular formula is C5H5F2NO. The van der Waals surface area contributed by atoms with Crippen LogP contribution in [0.5, 0.6) is 0 Å². The Morgan fingerprint density at radius 2 is 2.33 bits per heavy atom. The van der Waals surface area contributed by atoms with Gasteiger partial charge in [-0.05, 0) is 0 Å². The molecule has 0 saturated heterocycles. The Labute approximate surface area is 50.5 Å². The molecule has 0 spiro atoms. The van der Waals surface area contributed by atoms with Crippen LogP contribution in [0.4, 0.5) is 8.78 Å². The number of rotatable bonds is 1. The van der Waals surface area contributed by atoms with Crippen molar-refractivity contribution >= 4 is 0 Å². The average molecular weight is 133 g/mol. The first kappa shape index (κ1) is 6.19. The summed E-state index contributed by atoms with van der Waals surface area (Å²) in [6.45, 7) is 0.791. The fourth-order valence-corrected chi connectivity index (χ4v) is 0.422. The van der Waals surface area contributed by atoms with Gasteiger partial charge < -0.3 is 4.52 Å². The molecule has 1 aromatic rings. The van der Waals surface area contributed by atoms with E-state index in [-0.39, 0.29) is 5.56 Å². The van der Waals surface area contributed by atoms with Gasteiger partial charge in [0.05, 0.1) is 11.8 Å². The minimum Gasteiger partial charge on any atom is -0.364 e. The zero-order chi connectivity index (χ0) is 6.91. The third kappa shape index (κ3) is 1.25. The molecule has 0 unspecified atom stereocenters. The maximum atomic E-state index is 12.2. The molecule has 0 amide bonds. The molecular weight excluding hydrogens is 128 g/mol. The Hall–Kier alpha value is -0.930. The highest BCUT2D eigenvalue weighted by Gasteiger charge is 2.25. The quantitative estimate of drug-likeness (QED) is 0.583. The molecule has 0 saturated carbocycles. The predicted octanol–water partition coefficient (Wildman–Crippen LogP) is 1.79. The van der Waals surface area contributed by atoms with Crippen LogP contribution in [-0.4, -0.2) is 5.16 Å². The van der Waals surface area contributed by atoms with E-state index < -0.39 is 5.92 Å². The second-order valence-electron chi connectivity index (χ2n) is 1.80. The molecule has 1 rings (SSSR count). The van der Waals surface area contributed by atoms with Crippen LogP contribution in [0.1, 0.15) is 12.5 Å². The summed E-state index contributed by atoms with van der Waals surface area (Å²) in [6.07, 6.45) is 1.93. The van der Waals surface area contributed by atoms with E-state index in [2.05, 4.69) is 9.68 Å². The zero-order valence-electron chi connectivity index (χ0n) is 4.77. The molecule has 0 bridgehead atoms. The summed E-state index contributed by atoms with van der Waals surface area (Å²) < 4.78 is 28.6. The Morgan fingerprint density at radius 3 is 2.56 bits per heavy atom. The summed E-state index contributed by atoms with van der Waals surface area (Å²) in [5, 5.41) is 3.13. The summed E-state index contributed by atoms with van der Waals surface area (Å²) >= 11 is 0. The first-order valence-corrected chi connectivity index (χ1v) is 2.38. The highest BCUT2D eigenvalue weighted by molar-refractivity contribution is 5.06. The maximum absolute atomic E-state index is 12.2. The summed E-state index contributed by atoms with van der Waals surface area (Å²) in [6, 6.07) is 0. The number of hydrogen-bond acceptors (Lipinski definition) is 2. The summed E-state index contributed by atoms with van der Waals surface area (Å²) in [5.41, 5.74) is -0.192. The topological polar surface area (TPSA) is 26.0 Å². The normalized spacial score (nSPS) is 11.9. The molecule has 0 aliphatic heterocycles. The van der Waals surface area contributed by atoms with Crippen molar-refractivity contribution < 1.29 is 13.3 Å². The van der Waals surface area contributed by atoms with Crippen molar-refractivity contribution in [3.63, 3.8) is 0 Å². The van der Waals surface area contributed by atoms with E-state index in [9.17, 15) is 8.78 Å². The van der Waals surface area contributed by atoms with Crippen LogP contribution in [0.25, 0.3) is 0 Å². The van der Waals surface area contributed by atoms with Crippen molar-refractivity contribution in [2.75, 3.05) is 0 Å². The molecule has 0 atom stereocenters. The highest BCUT2D eigenvalue weighted by Crippen LogP contribution is 2.25. The number of aromatic nitrogens is 1. The van der Waals surface area contributed by atoms with Crippen LogP contribution in [0.3, 0.4) is 0 Å². The number of nitrogens with zero attached hydrogens (tertiary/aromatic N) is 1. The van der Waals surface area contributed by atoms with Gasteiger partial charge in [-0.2, -0.15) is 0 Å².